The smallest absolute Gasteiger partial charge is 0.244 e. The van der Waals surface area contributed by atoms with Gasteiger partial charge < -0.3 is 10.2 Å². The number of carbonyl (C=O) groups excluding carboxylic acids is 1. The minimum absolute atomic E-state index is 0.00619. The van der Waals surface area contributed by atoms with Gasteiger partial charge in [0.15, 0.2) is 0 Å². The van der Waals surface area contributed by atoms with E-state index >= 15 is 0 Å². The first-order chi connectivity index (χ1) is 10.2. The highest BCUT2D eigenvalue weighted by Gasteiger charge is 2.30. The molecule has 116 valence electrons. The zero-order valence-electron chi connectivity index (χ0n) is 13.6. The lowest BCUT2D eigenvalue weighted by Crippen LogP contribution is -2.51. The second-order valence-corrected chi connectivity index (χ2v) is 5.77. The van der Waals surface area contributed by atoms with Gasteiger partial charge in [0.2, 0.25) is 5.91 Å². The molecule has 0 aromatic heterocycles. The number of hydrogen-bond acceptors (Lipinski definition) is 2. The molecule has 0 radical (unpaired) electrons. The predicted molar refractivity (Wildman–Crippen MR) is 88.9 cm³/mol. The third kappa shape index (κ3) is 3.46. The van der Waals surface area contributed by atoms with Crippen LogP contribution in [-0.4, -0.2) is 25.0 Å². The van der Waals surface area contributed by atoms with E-state index in [-0.39, 0.29) is 11.9 Å². The highest BCUT2D eigenvalue weighted by Crippen LogP contribution is 2.30. The quantitative estimate of drug-likeness (QED) is 0.871. The van der Waals surface area contributed by atoms with Crippen LogP contribution in [0.15, 0.2) is 18.2 Å². The maximum absolute atomic E-state index is 12.8. The van der Waals surface area contributed by atoms with Crippen LogP contribution in [0.4, 0.5) is 5.69 Å². The first-order valence-electron chi connectivity index (χ1n) is 8.38. The number of amides is 1. The van der Waals surface area contributed by atoms with Gasteiger partial charge in [0.1, 0.15) is 0 Å². The summed E-state index contributed by atoms with van der Waals surface area (Å²) in [5, 5.41) is 3.40. The summed E-state index contributed by atoms with van der Waals surface area (Å²) in [7, 11) is 0. The Hall–Kier alpha value is -1.35. The Bertz CT molecular complexity index is 462. The number of nitrogens with one attached hydrogen (secondary N) is 1. The molecule has 3 heteroatoms. The Kier molecular flexibility index (Phi) is 5.80. The molecular formula is C18H28N2O. The van der Waals surface area contributed by atoms with Crippen LogP contribution in [0, 0.1) is 0 Å². The summed E-state index contributed by atoms with van der Waals surface area (Å²) in [4.78, 5) is 14.9. The third-order valence-corrected chi connectivity index (χ3v) is 4.31. The van der Waals surface area contributed by atoms with E-state index in [1.165, 1.54) is 16.8 Å². The van der Waals surface area contributed by atoms with E-state index in [0.717, 1.165) is 45.2 Å². The van der Waals surface area contributed by atoms with E-state index in [2.05, 4.69) is 44.3 Å². The Morgan fingerprint density at radius 1 is 1.19 bits per heavy atom. The Morgan fingerprint density at radius 3 is 2.43 bits per heavy atom. The van der Waals surface area contributed by atoms with Crippen LogP contribution in [0.1, 0.15) is 51.2 Å². The molecule has 1 N–H and O–H groups in total. The molecule has 1 aromatic carbocycles. The van der Waals surface area contributed by atoms with Crippen molar-refractivity contribution >= 4 is 11.6 Å². The lowest BCUT2D eigenvalue weighted by molar-refractivity contribution is -0.121. The van der Waals surface area contributed by atoms with E-state index in [1.807, 2.05) is 4.90 Å². The molecule has 0 bridgehead atoms. The van der Waals surface area contributed by atoms with Crippen LogP contribution in [0.3, 0.4) is 0 Å². The van der Waals surface area contributed by atoms with Gasteiger partial charge in [-0.15, -0.1) is 0 Å². The van der Waals surface area contributed by atoms with Gasteiger partial charge in [-0.3, -0.25) is 4.79 Å². The lowest BCUT2D eigenvalue weighted by atomic mass is 9.97. The maximum atomic E-state index is 12.8. The number of anilines is 1. The molecule has 1 aliphatic heterocycles. The largest absolute Gasteiger partial charge is 0.311 e. The second-order valence-electron chi connectivity index (χ2n) is 5.77. The number of piperidine rings is 1. The number of nitrogens with zero attached hydrogens (tertiary/aromatic N) is 1. The molecule has 1 unspecified atom stereocenters. The van der Waals surface area contributed by atoms with Gasteiger partial charge in [0, 0.05) is 6.54 Å². The first-order valence-corrected chi connectivity index (χ1v) is 8.38. The van der Waals surface area contributed by atoms with Crippen molar-refractivity contribution in [3.05, 3.63) is 29.3 Å². The highest BCUT2D eigenvalue weighted by molar-refractivity contribution is 5.99. The van der Waals surface area contributed by atoms with E-state index in [0.29, 0.717) is 0 Å². The van der Waals surface area contributed by atoms with Crippen molar-refractivity contribution in [2.45, 2.75) is 58.9 Å². The Labute approximate surface area is 128 Å². The topological polar surface area (TPSA) is 32.3 Å². The van der Waals surface area contributed by atoms with Crippen molar-refractivity contribution in [2.24, 2.45) is 0 Å². The minimum Gasteiger partial charge on any atom is -0.311 e. The average Bonchev–Trinajstić information content (AvgIpc) is 2.53. The summed E-state index contributed by atoms with van der Waals surface area (Å²) in [6.07, 6.45) is 5.05. The lowest BCUT2D eigenvalue weighted by Gasteiger charge is -2.35. The molecule has 1 fully saturated rings. The van der Waals surface area contributed by atoms with Gasteiger partial charge >= 0.3 is 0 Å². The van der Waals surface area contributed by atoms with E-state index in [1.54, 1.807) is 0 Å². The molecule has 1 atom stereocenters. The predicted octanol–water partition coefficient (Wildman–Crippen LogP) is 3.31. The number of benzene rings is 1. The van der Waals surface area contributed by atoms with Crippen molar-refractivity contribution in [2.75, 3.05) is 18.0 Å². The molecule has 2 rings (SSSR count). The minimum atomic E-state index is -0.00619. The molecule has 21 heavy (non-hydrogen) atoms. The summed E-state index contributed by atoms with van der Waals surface area (Å²) in [6.45, 7) is 8.24. The normalized spacial score (nSPS) is 19.1. The van der Waals surface area contributed by atoms with Gasteiger partial charge in [0.25, 0.3) is 0 Å². The number of carbonyl (C=O) groups is 1. The molecular weight excluding hydrogens is 260 g/mol. The molecule has 1 saturated heterocycles. The van der Waals surface area contributed by atoms with Crippen LogP contribution >= 0.6 is 0 Å². The van der Waals surface area contributed by atoms with Crippen molar-refractivity contribution in [1.29, 1.82) is 0 Å². The third-order valence-electron chi connectivity index (χ3n) is 4.31. The van der Waals surface area contributed by atoms with Gasteiger partial charge in [-0.05, 0) is 49.8 Å². The van der Waals surface area contributed by atoms with Crippen LogP contribution in [0.5, 0.6) is 0 Å². The Balaban J connectivity index is 2.30. The molecule has 0 saturated carbocycles. The fourth-order valence-electron chi connectivity index (χ4n) is 3.17. The molecule has 0 spiro atoms. The van der Waals surface area contributed by atoms with Crippen LogP contribution in [-0.2, 0) is 17.6 Å². The van der Waals surface area contributed by atoms with E-state index in [4.69, 9.17) is 0 Å². The van der Waals surface area contributed by atoms with Crippen LogP contribution in [0.25, 0.3) is 0 Å². The molecule has 0 aliphatic carbocycles. The number of hydrogen-bond donors (Lipinski definition) is 1. The maximum Gasteiger partial charge on any atom is 0.244 e. The van der Waals surface area contributed by atoms with Crippen molar-refractivity contribution in [3.63, 3.8) is 0 Å². The van der Waals surface area contributed by atoms with Gasteiger partial charge in [-0.25, -0.2) is 0 Å². The number of aryl methyl sites for hydroxylation is 2. The number of rotatable bonds is 6. The van der Waals surface area contributed by atoms with Gasteiger partial charge in [-0.1, -0.05) is 39.0 Å². The van der Waals surface area contributed by atoms with Gasteiger partial charge in [-0.2, -0.15) is 0 Å². The molecule has 1 aliphatic rings. The molecule has 1 heterocycles. The second kappa shape index (κ2) is 7.60. The van der Waals surface area contributed by atoms with Crippen LogP contribution in [0.2, 0.25) is 0 Å². The summed E-state index contributed by atoms with van der Waals surface area (Å²) in [5.74, 6) is 0.255. The first kappa shape index (κ1) is 16.0. The highest BCUT2D eigenvalue weighted by atomic mass is 16.2. The molecule has 1 aromatic rings. The Morgan fingerprint density at radius 2 is 1.86 bits per heavy atom. The average molecular weight is 288 g/mol. The fourth-order valence-corrected chi connectivity index (χ4v) is 3.17. The zero-order chi connectivity index (χ0) is 15.2. The molecule has 1 amide bonds. The van der Waals surface area contributed by atoms with Crippen molar-refractivity contribution in [3.8, 4) is 0 Å². The summed E-state index contributed by atoms with van der Waals surface area (Å²) in [5.41, 5.74) is 3.76. The van der Waals surface area contributed by atoms with E-state index < -0.39 is 0 Å². The standard InChI is InChI=1S/C18H28N2O/c1-4-12-19-16-11-8-13-20(18(16)21)17-14(5-2)9-7-10-15(17)6-3/h7,9-10,16,19H,4-6,8,11-13H2,1-3H3. The SMILES string of the molecule is CCCNC1CCCN(c2c(CC)cccc2CC)C1=O. The van der Waals surface area contributed by atoms with Crippen molar-refractivity contribution < 1.29 is 4.79 Å². The monoisotopic (exact) mass is 288 g/mol. The molecule has 3 nitrogen and oxygen atoms in total. The number of para-hydroxylation sites is 1. The fraction of sp³-hybridized carbons (Fsp3) is 0.611. The summed E-state index contributed by atoms with van der Waals surface area (Å²) >= 11 is 0. The van der Waals surface area contributed by atoms with Crippen molar-refractivity contribution in [1.82, 2.24) is 5.32 Å². The zero-order valence-corrected chi connectivity index (χ0v) is 13.6. The van der Waals surface area contributed by atoms with Crippen LogP contribution < -0.4 is 10.2 Å². The van der Waals surface area contributed by atoms with Gasteiger partial charge in [0.05, 0.1) is 11.7 Å². The summed E-state index contributed by atoms with van der Waals surface area (Å²) in [6, 6.07) is 6.42. The van der Waals surface area contributed by atoms with E-state index in [9.17, 15) is 4.79 Å². The summed E-state index contributed by atoms with van der Waals surface area (Å²) < 4.78 is 0.